The molecule has 0 aromatic rings. The van der Waals surface area contributed by atoms with Crippen LogP contribution in [0.3, 0.4) is 0 Å². The average Bonchev–Trinajstić information content (AvgIpc) is 2.05. The molecule has 4 heteroatoms. The fraction of sp³-hybridized carbons (Fsp3) is 0.778. The van der Waals surface area contributed by atoms with Gasteiger partial charge in [0.05, 0.1) is 0 Å². The van der Waals surface area contributed by atoms with Gasteiger partial charge in [0.15, 0.2) is 5.60 Å². The molecule has 68 valence electrons. The molecular weight excluding hydrogens is 193 g/mol. The molecule has 0 aliphatic heterocycles. The van der Waals surface area contributed by atoms with Crippen molar-refractivity contribution in [2.75, 3.05) is 0 Å². The van der Waals surface area contributed by atoms with Crippen molar-refractivity contribution in [2.24, 2.45) is 0 Å². The summed E-state index contributed by atoms with van der Waals surface area (Å²) in [7, 11) is 0. The Kier molecular flexibility index (Phi) is 6.43. The second-order valence-corrected chi connectivity index (χ2v) is 3.26. The number of nitriles is 1. The van der Waals surface area contributed by atoms with Crippen LogP contribution >= 0.6 is 0 Å². The van der Waals surface area contributed by atoms with Gasteiger partial charge in [0.2, 0.25) is 0 Å². The van der Waals surface area contributed by atoms with Crippen molar-refractivity contribution in [3.8, 4) is 6.07 Å². The third kappa shape index (κ3) is 4.09. The fourth-order valence-electron chi connectivity index (χ4n) is 1.63. The maximum absolute atomic E-state index is 10.7. The summed E-state index contributed by atoms with van der Waals surface area (Å²) in [5, 5.41) is 8.86. The van der Waals surface area contributed by atoms with E-state index in [1.54, 1.807) is 0 Å². The van der Waals surface area contributed by atoms with Gasteiger partial charge in [-0.3, -0.25) is 4.79 Å². The van der Waals surface area contributed by atoms with E-state index in [4.69, 9.17) is 10.00 Å². The third-order valence-electron chi connectivity index (χ3n) is 2.20. The summed E-state index contributed by atoms with van der Waals surface area (Å²) in [5.41, 5.74) is -0.802. The van der Waals surface area contributed by atoms with Gasteiger partial charge >= 0.3 is 57.4 Å². The number of ether oxygens (including phenoxy) is 1. The summed E-state index contributed by atoms with van der Waals surface area (Å²) >= 11 is 0. The average molecular weight is 207 g/mol. The molecule has 0 aromatic carbocycles. The standard InChI is InChI=1S/C9H13NO2.K.H/c1-8(11)12-9(7-10)5-3-2-4-6-9;;/h2-6H2,1H3;;. The van der Waals surface area contributed by atoms with Crippen LogP contribution in [-0.2, 0) is 9.53 Å². The number of carbonyl (C=O) groups excluding carboxylic acids is 1. The van der Waals surface area contributed by atoms with Crippen LogP contribution in [0.1, 0.15) is 39.0 Å². The van der Waals surface area contributed by atoms with Crippen LogP contribution in [0.25, 0.3) is 0 Å². The summed E-state index contributed by atoms with van der Waals surface area (Å²) in [5.74, 6) is -0.349. The Morgan fingerprint density at radius 3 is 2.31 bits per heavy atom. The van der Waals surface area contributed by atoms with Crippen LogP contribution in [0.15, 0.2) is 0 Å². The van der Waals surface area contributed by atoms with E-state index in [9.17, 15) is 4.79 Å². The topological polar surface area (TPSA) is 50.1 Å². The Bertz CT molecular complexity index is 216. The first-order valence-electron chi connectivity index (χ1n) is 4.29. The van der Waals surface area contributed by atoms with E-state index < -0.39 is 5.60 Å². The van der Waals surface area contributed by atoms with Crippen molar-refractivity contribution < 1.29 is 9.53 Å². The summed E-state index contributed by atoms with van der Waals surface area (Å²) in [4.78, 5) is 10.7. The number of carbonyl (C=O) groups is 1. The Morgan fingerprint density at radius 1 is 1.38 bits per heavy atom. The SMILES string of the molecule is CC(=O)OC1(C#N)CCCCC1.[KH]. The molecule has 0 amide bonds. The first-order chi connectivity index (χ1) is 5.68. The van der Waals surface area contributed by atoms with E-state index in [-0.39, 0.29) is 57.4 Å². The van der Waals surface area contributed by atoms with E-state index in [1.165, 1.54) is 6.92 Å². The minimum atomic E-state index is -0.802. The molecule has 0 bridgehead atoms. The van der Waals surface area contributed by atoms with Crippen molar-refractivity contribution in [2.45, 2.75) is 44.6 Å². The molecule has 1 rings (SSSR count). The summed E-state index contributed by atoms with van der Waals surface area (Å²) < 4.78 is 5.03. The molecule has 0 unspecified atom stereocenters. The van der Waals surface area contributed by atoms with Crippen LogP contribution in [0.2, 0.25) is 0 Å². The van der Waals surface area contributed by atoms with Crippen LogP contribution in [0.4, 0.5) is 0 Å². The Balaban J connectivity index is 0.00000144. The molecule has 0 N–H and O–H groups in total. The zero-order valence-electron chi connectivity index (χ0n) is 7.30. The summed E-state index contributed by atoms with van der Waals surface area (Å²) in [6, 6.07) is 2.11. The molecule has 0 saturated heterocycles. The van der Waals surface area contributed by atoms with Gasteiger partial charge in [-0.2, -0.15) is 5.26 Å². The first-order valence-corrected chi connectivity index (χ1v) is 4.29. The van der Waals surface area contributed by atoms with Crippen molar-refractivity contribution in [1.29, 1.82) is 5.26 Å². The molecule has 1 aliphatic carbocycles. The summed E-state index contributed by atoms with van der Waals surface area (Å²) in [6.07, 6.45) is 4.51. The van der Waals surface area contributed by atoms with Crippen molar-refractivity contribution in [3.05, 3.63) is 0 Å². The fourth-order valence-corrected chi connectivity index (χ4v) is 1.63. The molecule has 1 saturated carbocycles. The Morgan fingerprint density at radius 2 is 1.92 bits per heavy atom. The third-order valence-corrected chi connectivity index (χ3v) is 2.20. The summed E-state index contributed by atoms with van der Waals surface area (Å²) in [6.45, 7) is 1.35. The van der Waals surface area contributed by atoms with Gasteiger partial charge in [-0.25, -0.2) is 0 Å². The second-order valence-electron chi connectivity index (χ2n) is 3.26. The first kappa shape index (κ1) is 13.6. The van der Waals surface area contributed by atoms with E-state index in [1.807, 2.05) is 0 Å². The minimum absolute atomic E-state index is 0. The Hall–Kier alpha value is 0.596. The molecule has 3 nitrogen and oxygen atoms in total. The van der Waals surface area contributed by atoms with E-state index in [0.717, 1.165) is 19.3 Å². The van der Waals surface area contributed by atoms with Gasteiger partial charge in [-0.15, -0.1) is 0 Å². The van der Waals surface area contributed by atoms with Gasteiger partial charge in [-0.05, 0) is 12.8 Å². The van der Waals surface area contributed by atoms with Crippen LogP contribution < -0.4 is 0 Å². The van der Waals surface area contributed by atoms with E-state index >= 15 is 0 Å². The van der Waals surface area contributed by atoms with Crippen LogP contribution in [-0.4, -0.2) is 63.0 Å². The predicted molar refractivity (Wildman–Crippen MR) is 50.3 cm³/mol. The van der Waals surface area contributed by atoms with Crippen LogP contribution in [0, 0.1) is 11.3 Å². The normalized spacial score (nSPS) is 19.4. The monoisotopic (exact) mass is 207 g/mol. The molecule has 0 radical (unpaired) electrons. The number of nitrogens with zero attached hydrogens (tertiary/aromatic N) is 1. The van der Waals surface area contributed by atoms with Crippen molar-refractivity contribution >= 4 is 57.4 Å². The van der Waals surface area contributed by atoms with Gasteiger partial charge in [0, 0.05) is 19.8 Å². The van der Waals surface area contributed by atoms with Gasteiger partial charge in [0.1, 0.15) is 6.07 Å². The molecule has 1 fully saturated rings. The molecule has 0 heterocycles. The zero-order chi connectivity index (χ0) is 9.03. The van der Waals surface area contributed by atoms with E-state index in [0.29, 0.717) is 12.8 Å². The van der Waals surface area contributed by atoms with Crippen molar-refractivity contribution in [1.82, 2.24) is 0 Å². The predicted octanol–water partition coefficient (Wildman–Crippen LogP) is 1.13. The maximum atomic E-state index is 10.7. The second kappa shape index (κ2) is 6.15. The quantitative estimate of drug-likeness (QED) is 0.478. The molecule has 1 aliphatic rings. The Labute approximate surface area is 121 Å². The molecule has 0 spiro atoms. The number of hydrogen-bond donors (Lipinski definition) is 0. The molecular formula is C9H14KNO2. The molecule has 0 aromatic heterocycles. The van der Waals surface area contributed by atoms with Gasteiger partial charge in [-0.1, -0.05) is 6.42 Å². The number of esters is 1. The van der Waals surface area contributed by atoms with Gasteiger partial charge < -0.3 is 4.74 Å². The number of rotatable bonds is 1. The van der Waals surface area contributed by atoms with Gasteiger partial charge in [0.25, 0.3) is 0 Å². The molecule has 0 atom stereocenters. The number of hydrogen-bond acceptors (Lipinski definition) is 3. The van der Waals surface area contributed by atoms with Crippen LogP contribution in [0.5, 0.6) is 0 Å². The molecule has 13 heavy (non-hydrogen) atoms. The van der Waals surface area contributed by atoms with E-state index in [2.05, 4.69) is 6.07 Å². The zero-order valence-corrected chi connectivity index (χ0v) is 7.30. The van der Waals surface area contributed by atoms with Crippen molar-refractivity contribution in [3.63, 3.8) is 0 Å².